The maximum Gasteiger partial charge on any atom is 0.265 e. The van der Waals surface area contributed by atoms with E-state index in [0.29, 0.717) is 18.7 Å². The SMILES string of the molecule is CN1C(=O)C(=C(C#N)C(=O)N2CCCC2)c2ccccc21. The topological polar surface area (TPSA) is 64.4 Å². The Kier molecular flexibility index (Phi) is 3.22. The van der Waals surface area contributed by atoms with Crippen LogP contribution < -0.4 is 4.90 Å². The van der Waals surface area contributed by atoms with E-state index in [1.807, 2.05) is 18.2 Å². The Hall–Kier alpha value is -2.61. The lowest BCUT2D eigenvalue weighted by molar-refractivity contribution is -0.125. The molecule has 2 heterocycles. The van der Waals surface area contributed by atoms with Gasteiger partial charge in [-0.3, -0.25) is 9.59 Å². The van der Waals surface area contributed by atoms with Gasteiger partial charge in [0.25, 0.3) is 11.8 Å². The summed E-state index contributed by atoms with van der Waals surface area (Å²) in [5.41, 5.74) is 1.58. The second-order valence-electron chi connectivity index (χ2n) is 5.24. The van der Waals surface area contributed by atoms with Crippen LogP contribution in [0.4, 0.5) is 5.69 Å². The van der Waals surface area contributed by atoms with Crippen molar-refractivity contribution < 1.29 is 9.59 Å². The molecule has 0 N–H and O–H groups in total. The number of rotatable bonds is 1. The van der Waals surface area contributed by atoms with Crippen LogP contribution in [-0.2, 0) is 9.59 Å². The quantitative estimate of drug-likeness (QED) is 0.579. The fourth-order valence-electron chi connectivity index (χ4n) is 2.90. The first-order chi connectivity index (χ1) is 10.1. The largest absolute Gasteiger partial charge is 0.338 e. The third-order valence-corrected chi connectivity index (χ3v) is 4.02. The molecule has 3 rings (SSSR count). The van der Waals surface area contributed by atoms with Crippen LogP contribution >= 0.6 is 0 Å². The van der Waals surface area contributed by atoms with Crippen molar-refractivity contribution in [1.82, 2.24) is 4.90 Å². The lowest BCUT2D eigenvalue weighted by Gasteiger charge is -2.15. The highest BCUT2D eigenvalue weighted by molar-refractivity contribution is 6.36. The van der Waals surface area contributed by atoms with Gasteiger partial charge in [-0.05, 0) is 18.9 Å². The number of carbonyl (C=O) groups is 2. The number of benzene rings is 1. The monoisotopic (exact) mass is 281 g/mol. The zero-order valence-electron chi connectivity index (χ0n) is 11.8. The van der Waals surface area contributed by atoms with Crippen LogP contribution in [0.3, 0.4) is 0 Å². The molecule has 0 atom stereocenters. The second kappa shape index (κ2) is 5.06. The van der Waals surface area contributed by atoms with Gasteiger partial charge in [-0.25, -0.2) is 0 Å². The van der Waals surface area contributed by atoms with E-state index in [1.54, 1.807) is 24.1 Å². The average molecular weight is 281 g/mol. The molecule has 5 nitrogen and oxygen atoms in total. The van der Waals surface area contributed by atoms with E-state index < -0.39 is 0 Å². The molecule has 2 aliphatic rings. The van der Waals surface area contributed by atoms with Gasteiger partial charge < -0.3 is 9.80 Å². The molecule has 2 aliphatic heterocycles. The van der Waals surface area contributed by atoms with Gasteiger partial charge in [0, 0.05) is 25.7 Å². The molecule has 0 aromatic heterocycles. The first kappa shape index (κ1) is 13.4. The molecule has 0 unspecified atom stereocenters. The lowest BCUT2D eigenvalue weighted by atomic mass is 10.0. The average Bonchev–Trinajstić information content (AvgIpc) is 3.11. The molecule has 106 valence electrons. The summed E-state index contributed by atoms with van der Waals surface area (Å²) >= 11 is 0. The minimum atomic E-state index is -0.330. The number of amides is 2. The minimum Gasteiger partial charge on any atom is -0.338 e. The zero-order valence-corrected chi connectivity index (χ0v) is 11.8. The van der Waals surface area contributed by atoms with Crippen LogP contribution in [0.15, 0.2) is 29.8 Å². The van der Waals surface area contributed by atoms with Crippen molar-refractivity contribution in [1.29, 1.82) is 5.26 Å². The summed E-state index contributed by atoms with van der Waals surface area (Å²) in [6.45, 7) is 1.31. The molecule has 1 fully saturated rings. The molecule has 5 heteroatoms. The Morgan fingerprint density at radius 1 is 1.24 bits per heavy atom. The van der Waals surface area contributed by atoms with Crippen LogP contribution in [-0.4, -0.2) is 36.9 Å². The van der Waals surface area contributed by atoms with Crippen molar-refractivity contribution in [2.24, 2.45) is 0 Å². The fourth-order valence-corrected chi connectivity index (χ4v) is 2.90. The van der Waals surface area contributed by atoms with E-state index >= 15 is 0 Å². The zero-order chi connectivity index (χ0) is 15.0. The molecule has 21 heavy (non-hydrogen) atoms. The highest BCUT2D eigenvalue weighted by Crippen LogP contribution is 2.37. The van der Waals surface area contributed by atoms with E-state index in [4.69, 9.17) is 0 Å². The van der Waals surface area contributed by atoms with Crippen molar-refractivity contribution in [3.05, 3.63) is 35.4 Å². The number of anilines is 1. The maximum atomic E-state index is 12.5. The number of hydrogen-bond acceptors (Lipinski definition) is 3. The fraction of sp³-hybridized carbons (Fsp3) is 0.312. The molecule has 1 aromatic rings. The Balaban J connectivity index is 2.13. The van der Waals surface area contributed by atoms with Gasteiger partial charge in [-0.1, -0.05) is 18.2 Å². The van der Waals surface area contributed by atoms with Crippen LogP contribution in [0.25, 0.3) is 5.57 Å². The summed E-state index contributed by atoms with van der Waals surface area (Å²) in [5, 5.41) is 9.42. The first-order valence-electron chi connectivity index (χ1n) is 6.96. The second-order valence-corrected chi connectivity index (χ2v) is 5.24. The summed E-state index contributed by atoms with van der Waals surface area (Å²) in [6.07, 6.45) is 1.90. The van der Waals surface area contributed by atoms with Crippen LogP contribution in [0.5, 0.6) is 0 Å². The van der Waals surface area contributed by atoms with Crippen molar-refractivity contribution >= 4 is 23.1 Å². The number of para-hydroxylation sites is 1. The Labute approximate surface area is 123 Å². The number of nitriles is 1. The lowest BCUT2D eigenvalue weighted by Crippen LogP contribution is -2.30. The van der Waals surface area contributed by atoms with Crippen LogP contribution in [0.2, 0.25) is 0 Å². The number of fused-ring (bicyclic) bond motifs is 1. The number of hydrogen-bond donors (Lipinski definition) is 0. The molecular weight excluding hydrogens is 266 g/mol. The highest BCUT2D eigenvalue weighted by Gasteiger charge is 2.35. The molecule has 0 saturated carbocycles. The van der Waals surface area contributed by atoms with Crippen molar-refractivity contribution in [3.8, 4) is 6.07 Å². The van der Waals surface area contributed by atoms with Gasteiger partial charge >= 0.3 is 0 Å². The molecule has 1 saturated heterocycles. The third-order valence-electron chi connectivity index (χ3n) is 4.02. The summed E-state index contributed by atoms with van der Waals surface area (Å²) in [5.74, 6) is -0.622. The van der Waals surface area contributed by atoms with Gasteiger partial charge in [-0.15, -0.1) is 0 Å². The minimum absolute atomic E-state index is 0.0429. The van der Waals surface area contributed by atoms with E-state index in [0.717, 1.165) is 18.5 Å². The smallest absolute Gasteiger partial charge is 0.265 e. The van der Waals surface area contributed by atoms with Gasteiger partial charge in [0.2, 0.25) is 0 Å². The normalized spacial score (nSPS) is 19.5. The summed E-state index contributed by atoms with van der Waals surface area (Å²) in [4.78, 5) is 28.1. The molecule has 0 aliphatic carbocycles. The first-order valence-corrected chi connectivity index (χ1v) is 6.96. The molecule has 0 radical (unpaired) electrons. The van der Waals surface area contributed by atoms with E-state index in [-0.39, 0.29) is 23.0 Å². The van der Waals surface area contributed by atoms with E-state index in [1.165, 1.54) is 4.90 Å². The highest BCUT2D eigenvalue weighted by atomic mass is 16.2. The van der Waals surface area contributed by atoms with Gasteiger partial charge in [0.1, 0.15) is 11.6 Å². The molecule has 2 amide bonds. The molecule has 0 bridgehead atoms. The van der Waals surface area contributed by atoms with Crippen molar-refractivity contribution in [2.75, 3.05) is 25.0 Å². The Morgan fingerprint density at radius 2 is 1.90 bits per heavy atom. The van der Waals surface area contributed by atoms with Crippen LogP contribution in [0, 0.1) is 11.3 Å². The van der Waals surface area contributed by atoms with Gasteiger partial charge in [0.15, 0.2) is 0 Å². The summed E-state index contributed by atoms with van der Waals surface area (Å²) in [6, 6.07) is 9.19. The molecule has 0 spiro atoms. The molecule has 1 aromatic carbocycles. The third kappa shape index (κ3) is 2.00. The summed E-state index contributed by atoms with van der Waals surface area (Å²) in [7, 11) is 1.66. The molecular formula is C16H15N3O2. The number of nitrogens with zero attached hydrogens (tertiary/aromatic N) is 3. The van der Waals surface area contributed by atoms with Crippen molar-refractivity contribution in [3.63, 3.8) is 0 Å². The maximum absolute atomic E-state index is 12.5. The summed E-state index contributed by atoms with van der Waals surface area (Å²) < 4.78 is 0. The Morgan fingerprint density at radius 3 is 2.57 bits per heavy atom. The number of likely N-dealkylation sites (N-methyl/N-ethyl adjacent to an activating group) is 1. The van der Waals surface area contributed by atoms with Gasteiger partial charge in [-0.2, -0.15) is 5.26 Å². The van der Waals surface area contributed by atoms with E-state index in [2.05, 4.69) is 0 Å². The predicted molar refractivity (Wildman–Crippen MR) is 78.2 cm³/mol. The van der Waals surface area contributed by atoms with E-state index in [9.17, 15) is 14.9 Å². The van der Waals surface area contributed by atoms with Gasteiger partial charge in [0.05, 0.1) is 11.3 Å². The number of likely N-dealkylation sites (tertiary alicyclic amines) is 1. The van der Waals surface area contributed by atoms with Crippen molar-refractivity contribution in [2.45, 2.75) is 12.8 Å². The standard InChI is InChI=1S/C16H15N3O2/c1-18-13-7-3-2-6-11(13)14(16(18)21)12(10-17)15(20)19-8-4-5-9-19/h2-3,6-7H,4-5,8-9H2,1H3. The van der Waals surface area contributed by atoms with Crippen LogP contribution in [0.1, 0.15) is 18.4 Å². The Bertz CT molecular complexity index is 694. The predicted octanol–water partition coefficient (Wildman–Crippen LogP) is 1.56. The number of carbonyl (C=O) groups excluding carboxylic acids is 2.